The highest BCUT2D eigenvalue weighted by Gasteiger charge is 2.10. The molecule has 0 aliphatic heterocycles. The Morgan fingerprint density at radius 1 is 0.792 bits per heavy atom. The fourth-order valence-corrected chi connectivity index (χ4v) is 2.93. The predicted octanol–water partition coefficient (Wildman–Crippen LogP) is 4.18. The van der Waals surface area contributed by atoms with Gasteiger partial charge >= 0.3 is 11.3 Å². The molecule has 0 aliphatic carbocycles. The normalized spacial score (nSPS) is 11.2. The molecular weight excluding hydrogens is 304 g/mol. The molecule has 2 aromatic heterocycles. The molecule has 0 unspecified atom stereocenters. The molecule has 0 aliphatic rings. The van der Waals surface area contributed by atoms with E-state index in [2.05, 4.69) is 0 Å². The molecule has 0 saturated carbocycles. The van der Waals surface area contributed by atoms with Crippen LogP contribution in [0, 0.1) is 13.8 Å². The van der Waals surface area contributed by atoms with E-state index in [1.54, 1.807) is 18.2 Å². The fourth-order valence-electron chi connectivity index (χ4n) is 2.93. The van der Waals surface area contributed by atoms with Crippen molar-refractivity contribution in [3.8, 4) is 11.1 Å². The lowest BCUT2D eigenvalue weighted by Gasteiger charge is -2.06. The van der Waals surface area contributed by atoms with Gasteiger partial charge in [0.1, 0.15) is 11.2 Å². The number of hydrogen-bond acceptors (Lipinski definition) is 4. The van der Waals surface area contributed by atoms with Crippen molar-refractivity contribution in [1.82, 2.24) is 0 Å². The van der Waals surface area contributed by atoms with E-state index in [0.29, 0.717) is 16.7 Å². The Balaban J connectivity index is 2.00. The molecule has 0 N–H and O–H groups in total. The van der Waals surface area contributed by atoms with E-state index in [0.717, 1.165) is 27.5 Å². The fraction of sp³-hybridized carbons (Fsp3) is 0.100. The lowest BCUT2D eigenvalue weighted by molar-refractivity contribution is 0.559. The van der Waals surface area contributed by atoms with Crippen LogP contribution in [-0.4, -0.2) is 0 Å². The summed E-state index contributed by atoms with van der Waals surface area (Å²) in [6.07, 6.45) is 0. The summed E-state index contributed by atoms with van der Waals surface area (Å²) < 4.78 is 10.6. The molecule has 4 rings (SSSR count). The van der Waals surface area contributed by atoms with Crippen LogP contribution in [0.25, 0.3) is 33.1 Å². The molecule has 0 spiro atoms. The average molecular weight is 318 g/mol. The van der Waals surface area contributed by atoms with E-state index < -0.39 is 0 Å². The van der Waals surface area contributed by atoms with Gasteiger partial charge in [-0.2, -0.15) is 0 Å². The lowest BCUT2D eigenvalue weighted by Crippen LogP contribution is -2.03. The second-order valence-corrected chi connectivity index (χ2v) is 5.95. The molecular formula is C20H14O4. The van der Waals surface area contributed by atoms with Gasteiger partial charge < -0.3 is 8.83 Å². The summed E-state index contributed by atoms with van der Waals surface area (Å²) in [4.78, 5) is 23.8. The van der Waals surface area contributed by atoms with Crippen LogP contribution in [0.15, 0.2) is 67.0 Å². The third-order valence-electron chi connectivity index (χ3n) is 4.15. The lowest BCUT2D eigenvalue weighted by atomic mass is 10.0. The second-order valence-electron chi connectivity index (χ2n) is 5.95. The quantitative estimate of drug-likeness (QED) is 0.494. The van der Waals surface area contributed by atoms with Crippen molar-refractivity contribution in [2.45, 2.75) is 13.8 Å². The standard InChI is InChI=1S/C20H14O4/c1-11-3-5-17-14(7-11)10-16(20(22)24-17)13-4-6-18-15(9-13)12(2)8-19(21)23-18/h3-10H,1-2H3. The van der Waals surface area contributed by atoms with Gasteiger partial charge in [-0.25, -0.2) is 9.59 Å². The maximum Gasteiger partial charge on any atom is 0.344 e. The summed E-state index contributed by atoms with van der Waals surface area (Å²) in [7, 11) is 0. The third kappa shape index (κ3) is 2.33. The van der Waals surface area contributed by atoms with Gasteiger partial charge in [0, 0.05) is 16.8 Å². The average Bonchev–Trinajstić information content (AvgIpc) is 2.54. The molecule has 0 saturated heterocycles. The second kappa shape index (κ2) is 5.20. The summed E-state index contributed by atoms with van der Waals surface area (Å²) in [5, 5.41) is 1.68. The van der Waals surface area contributed by atoms with E-state index >= 15 is 0 Å². The first-order valence-electron chi connectivity index (χ1n) is 7.61. The summed E-state index contributed by atoms with van der Waals surface area (Å²) >= 11 is 0. The van der Waals surface area contributed by atoms with Crippen LogP contribution in [-0.2, 0) is 0 Å². The van der Waals surface area contributed by atoms with Gasteiger partial charge in [0.25, 0.3) is 0 Å². The summed E-state index contributed by atoms with van der Waals surface area (Å²) in [6.45, 7) is 3.83. The highest BCUT2D eigenvalue weighted by atomic mass is 16.4. The molecule has 118 valence electrons. The van der Waals surface area contributed by atoms with Gasteiger partial charge in [-0.05, 0) is 55.3 Å². The molecule has 0 radical (unpaired) electrons. The molecule has 0 fully saturated rings. The van der Waals surface area contributed by atoms with E-state index in [4.69, 9.17) is 8.83 Å². The largest absolute Gasteiger partial charge is 0.423 e. The van der Waals surface area contributed by atoms with Crippen LogP contribution in [0.3, 0.4) is 0 Å². The summed E-state index contributed by atoms with van der Waals surface area (Å²) in [5.74, 6) is 0. The Labute approximate surface area is 137 Å². The maximum absolute atomic E-state index is 12.4. The minimum absolute atomic E-state index is 0.381. The number of rotatable bonds is 1. The smallest absolute Gasteiger partial charge is 0.344 e. The first-order valence-corrected chi connectivity index (χ1v) is 7.61. The SMILES string of the molecule is Cc1ccc2oc(=O)c(-c3ccc4oc(=O)cc(C)c4c3)cc2c1. The van der Waals surface area contributed by atoms with Gasteiger partial charge in [0.15, 0.2) is 0 Å². The van der Waals surface area contributed by atoms with Crippen LogP contribution >= 0.6 is 0 Å². The Morgan fingerprint density at radius 3 is 2.42 bits per heavy atom. The molecule has 0 bridgehead atoms. The predicted molar refractivity (Wildman–Crippen MR) is 93.4 cm³/mol. The van der Waals surface area contributed by atoms with E-state index in [-0.39, 0.29) is 11.3 Å². The van der Waals surface area contributed by atoms with E-state index in [1.165, 1.54) is 6.07 Å². The zero-order valence-electron chi connectivity index (χ0n) is 13.3. The Morgan fingerprint density at radius 2 is 1.58 bits per heavy atom. The Bertz CT molecular complexity index is 1210. The first kappa shape index (κ1) is 14.5. The number of aryl methyl sites for hydroxylation is 2. The zero-order chi connectivity index (χ0) is 16.8. The highest BCUT2D eigenvalue weighted by molar-refractivity contribution is 5.88. The molecule has 4 nitrogen and oxygen atoms in total. The van der Waals surface area contributed by atoms with Crippen LogP contribution < -0.4 is 11.3 Å². The van der Waals surface area contributed by atoms with Crippen LogP contribution in [0.5, 0.6) is 0 Å². The van der Waals surface area contributed by atoms with Crippen molar-refractivity contribution in [1.29, 1.82) is 0 Å². The molecule has 2 aromatic carbocycles. The van der Waals surface area contributed by atoms with Crippen molar-refractivity contribution in [2.24, 2.45) is 0 Å². The molecule has 2 heterocycles. The minimum atomic E-state index is -0.388. The topological polar surface area (TPSA) is 60.4 Å². The van der Waals surface area contributed by atoms with Crippen molar-refractivity contribution < 1.29 is 8.83 Å². The first-order chi connectivity index (χ1) is 11.5. The summed E-state index contributed by atoms with van der Waals surface area (Å²) in [6, 6.07) is 14.3. The minimum Gasteiger partial charge on any atom is -0.423 e. The van der Waals surface area contributed by atoms with Gasteiger partial charge in [0.05, 0.1) is 5.56 Å². The third-order valence-corrected chi connectivity index (χ3v) is 4.15. The van der Waals surface area contributed by atoms with Crippen molar-refractivity contribution in [2.75, 3.05) is 0 Å². The number of hydrogen-bond donors (Lipinski definition) is 0. The Hall–Kier alpha value is -3.14. The number of fused-ring (bicyclic) bond motifs is 2. The Kier molecular flexibility index (Phi) is 3.13. The van der Waals surface area contributed by atoms with E-state index in [9.17, 15) is 9.59 Å². The van der Waals surface area contributed by atoms with Crippen molar-refractivity contribution >= 4 is 21.9 Å². The molecule has 4 heteroatoms. The monoisotopic (exact) mass is 318 g/mol. The van der Waals surface area contributed by atoms with E-state index in [1.807, 2.05) is 38.1 Å². The van der Waals surface area contributed by atoms with Crippen LogP contribution in [0.1, 0.15) is 11.1 Å². The molecule has 0 atom stereocenters. The van der Waals surface area contributed by atoms with Crippen molar-refractivity contribution in [3.63, 3.8) is 0 Å². The zero-order valence-corrected chi connectivity index (χ0v) is 13.3. The molecule has 24 heavy (non-hydrogen) atoms. The maximum atomic E-state index is 12.4. The highest BCUT2D eigenvalue weighted by Crippen LogP contribution is 2.26. The van der Waals surface area contributed by atoms with Crippen LogP contribution in [0.4, 0.5) is 0 Å². The van der Waals surface area contributed by atoms with Gasteiger partial charge in [-0.3, -0.25) is 0 Å². The molecule has 4 aromatic rings. The summed E-state index contributed by atoms with van der Waals surface area (Å²) in [5.41, 5.74) is 3.43. The number of benzene rings is 2. The molecule has 0 amide bonds. The van der Waals surface area contributed by atoms with Gasteiger partial charge in [0.2, 0.25) is 0 Å². The van der Waals surface area contributed by atoms with Gasteiger partial charge in [-0.15, -0.1) is 0 Å². The van der Waals surface area contributed by atoms with Crippen molar-refractivity contribution in [3.05, 3.63) is 80.5 Å². The van der Waals surface area contributed by atoms with Gasteiger partial charge in [-0.1, -0.05) is 17.7 Å². The van der Waals surface area contributed by atoms with Crippen LogP contribution in [0.2, 0.25) is 0 Å².